The van der Waals surface area contributed by atoms with Crippen LogP contribution in [0.25, 0.3) is 0 Å². The molecule has 2 aromatic rings. The quantitative estimate of drug-likeness (QED) is 0.860. The van der Waals surface area contributed by atoms with Crippen LogP contribution in [0.3, 0.4) is 0 Å². The van der Waals surface area contributed by atoms with Crippen LogP contribution in [-0.4, -0.2) is 20.2 Å². The first-order valence-electron chi connectivity index (χ1n) is 8.83. The summed E-state index contributed by atoms with van der Waals surface area (Å²) in [6.07, 6.45) is 7.30. The third-order valence-electron chi connectivity index (χ3n) is 4.57. The highest BCUT2D eigenvalue weighted by atomic mass is 15.6. The maximum absolute atomic E-state index is 4.38. The molecule has 5 nitrogen and oxygen atoms in total. The zero-order chi connectivity index (χ0) is 16.1. The van der Waals surface area contributed by atoms with Crippen molar-refractivity contribution < 1.29 is 0 Å². The fraction of sp³-hybridized carbons (Fsp3) is 0.611. The van der Waals surface area contributed by atoms with Gasteiger partial charge in [0.05, 0.1) is 12.1 Å². The Hall–Kier alpha value is -1.91. The molecule has 1 aromatic heterocycles. The number of benzene rings is 1. The predicted molar refractivity (Wildman–Crippen MR) is 92.2 cm³/mol. The Morgan fingerprint density at radius 2 is 1.87 bits per heavy atom. The number of anilines is 1. The van der Waals surface area contributed by atoms with Gasteiger partial charge < -0.3 is 5.32 Å². The number of nitrogens with one attached hydrogen (secondary N) is 1. The van der Waals surface area contributed by atoms with Gasteiger partial charge in [0.2, 0.25) is 0 Å². The Labute approximate surface area is 138 Å². The zero-order valence-corrected chi connectivity index (χ0v) is 14.2. The lowest BCUT2D eigenvalue weighted by Crippen LogP contribution is -2.23. The van der Waals surface area contributed by atoms with Crippen LogP contribution in [-0.2, 0) is 0 Å². The first kappa shape index (κ1) is 16.0. The maximum atomic E-state index is 4.38. The molecule has 1 unspecified atom stereocenters. The number of rotatable bonds is 6. The first-order chi connectivity index (χ1) is 11.2. The Bertz CT molecular complexity index is 586. The van der Waals surface area contributed by atoms with E-state index in [0.717, 1.165) is 17.9 Å². The summed E-state index contributed by atoms with van der Waals surface area (Å²) in [5, 5.41) is 16.3. The van der Waals surface area contributed by atoms with Crippen LogP contribution in [0.5, 0.6) is 0 Å². The van der Waals surface area contributed by atoms with Gasteiger partial charge in [-0.25, -0.2) is 4.68 Å². The van der Waals surface area contributed by atoms with E-state index in [2.05, 4.69) is 63.6 Å². The molecule has 1 fully saturated rings. The fourth-order valence-corrected chi connectivity index (χ4v) is 3.45. The van der Waals surface area contributed by atoms with Gasteiger partial charge >= 0.3 is 0 Å². The van der Waals surface area contributed by atoms with E-state index in [-0.39, 0.29) is 6.04 Å². The smallest absolute Gasteiger partial charge is 0.173 e. The van der Waals surface area contributed by atoms with Gasteiger partial charge in [0.15, 0.2) is 5.82 Å². The van der Waals surface area contributed by atoms with Crippen LogP contribution in [0.1, 0.15) is 70.3 Å². The van der Waals surface area contributed by atoms with Crippen LogP contribution in [0.15, 0.2) is 30.3 Å². The highest BCUT2D eigenvalue weighted by molar-refractivity contribution is 5.44. The standard InChI is InChI=1S/C18H27N5/c1-14(2)13-17(19-15-9-5-3-6-10-15)18-20-21-22-23(18)16-11-7-4-8-12-16/h3,5-6,9-10,14,16-17,19H,4,7-8,11-13H2,1-2H3. The van der Waals surface area contributed by atoms with Gasteiger partial charge in [-0.2, -0.15) is 0 Å². The molecule has 0 bridgehead atoms. The van der Waals surface area contributed by atoms with E-state index in [1.54, 1.807) is 0 Å². The van der Waals surface area contributed by atoms with E-state index in [9.17, 15) is 0 Å². The second-order valence-electron chi connectivity index (χ2n) is 6.97. The number of nitrogens with zero attached hydrogens (tertiary/aromatic N) is 4. The summed E-state index contributed by atoms with van der Waals surface area (Å²) in [6.45, 7) is 4.49. The molecule has 1 aliphatic carbocycles. The van der Waals surface area contributed by atoms with Crippen molar-refractivity contribution in [1.82, 2.24) is 20.2 Å². The molecule has 0 aliphatic heterocycles. The number of hydrogen-bond donors (Lipinski definition) is 1. The first-order valence-corrected chi connectivity index (χ1v) is 8.83. The zero-order valence-electron chi connectivity index (χ0n) is 14.2. The molecule has 0 radical (unpaired) electrons. The third kappa shape index (κ3) is 4.09. The molecule has 1 aliphatic rings. The Morgan fingerprint density at radius 3 is 2.57 bits per heavy atom. The lowest BCUT2D eigenvalue weighted by atomic mass is 9.95. The fourth-order valence-electron chi connectivity index (χ4n) is 3.45. The predicted octanol–water partition coefficient (Wildman–Crippen LogP) is 4.38. The molecule has 1 N–H and O–H groups in total. The van der Waals surface area contributed by atoms with Crippen molar-refractivity contribution in [1.29, 1.82) is 0 Å². The number of hydrogen-bond acceptors (Lipinski definition) is 4. The van der Waals surface area contributed by atoms with Crippen LogP contribution >= 0.6 is 0 Å². The van der Waals surface area contributed by atoms with E-state index in [1.165, 1.54) is 32.1 Å². The van der Waals surface area contributed by atoms with E-state index in [4.69, 9.17) is 0 Å². The largest absolute Gasteiger partial charge is 0.375 e. The van der Waals surface area contributed by atoms with Gasteiger partial charge in [-0.1, -0.05) is 51.3 Å². The van der Waals surface area contributed by atoms with Gasteiger partial charge in [0, 0.05) is 5.69 Å². The molecule has 0 saturated heterocycles. The number of aromatic nitrogens is 4. The summed E-state index contributed by atoms with van der Waals surface area (Å²) in [5.41, 5.74) is 1.12. The van der Waals surface area contributed by atoms with Gasteiger partial charge in [0.25, 0.3) is 0 Å². The molecule has 0 amide bonds. The topological polar surface area (TPSA) is 55.6 Å². The van der Waals surface area contributed by atoms with Crippen LogP contribution in [0, 0.1) is 5.92 Å². The number of tetrazole rings is 1. The van der Waals surface area contributed by atoms with Crippen molar-refractivity contribution in [3.63, 3.8) is 0 Å². The average molecular weight is 313 g/mol. The van der Waals surface area contributed by atoms with E-state index < -0.39 is 0 Å². The minimum Gasteiger partial charge on any atom is -0.375 e. The Kier molecular flexibility index (Phi) is 5.26. The second-order valence-corrected chi connectivity index (χ2v) is 6.97. The maximum Gasteiger partial charge on any atom is 0.173 e. The monoisotopic (exact) mass is 313 g/mol. The summed E-state index contributed by atoms with van der Waals surface area (Å²) >= 11 is 0. The lowest BCUT2D eigenvalue weighted by Gasteiger charge is -2.26. The summed E-state index contributed by atoms with van der Waals surface area (Å²) in [4.78, 5) is 0. The van der Waals surface area contributed by atoms with Crippen molar-refractivity contribution >= 4 is 5.69 Å². The van der Waals surface area contributed by atoms with Crippen LogP contribution in [0.4, 0.5) is 5.69 Å². The molecule has 5 heteroatoms. The highest BCUT2D eigenvalue weighted by Gasteiger charge is 2.25. The molecule has 1 atom stereocenters. The molecule has 3 rings (SSSR count). The highest BCUT2D eigenvalue weighted by Crippen LogP contribution is 2.31. The lowest BCUT2D eigenvalue weighted by molar-refractivity contribution is 0.310. The number of para-hydroxylation sites is 1. The minimum absolute atomic E-state index is 0.148. The average Bonchev–Trinajstić information content (AvgIpc) is 3.05. The molecule has 1 aromatic carbocycles. The molecular formula is C18H27N5. The van der Waals surface area contributed by atoms with Crippen molar-refractivity contribution in [2.45, 2.75) is 64.5 Å². The summed E-state index contributed by atoms with van der Waals surface area (Å²) in [6, 6.07) is 11.0. The van der Waals surface area contributed by atoms with Gasteiger partial charge in [-0.05, 0) is 47.7 Å². The van der Waals surface area contributed by atoms with E-state index in [0.29, 0.717) is 12.0 Å². The SMILES string of the molecule is CC(C)CC(Nc1ccccc1)c1nnnn1C1CCCCC1. The molecule has 1 saturated carbocycles. The van der Waals surface area contributed by atoms with Crippen molar-refractivity contribution in [2.24, 2.45) is 5.92 Å². The Balaban J connectivity index is 1.83. The van der Waals surface area contributed by atoms with Gasteiger partial charge in [-0.3, -0.25) is 0 Å². The summed E-state index contributed by atoms with van der Waals surface area (Å²) in [5.74, 6) is 1.56. The molecule has 23 heavy (non-hydrogen) atoms. The molecular weight excluding hydrogens is 286 g/mol. The van der Waals surface area contributed by atoms with E-state index in [1.807, 2.05) is 6.07 Å². The van der Waals surface area contributed by atoms with Crippen molar-refractivity contribution in [3.8, 4) is 0 Å². The molecule has 124 valence electrons. The van der Waals surface area contributed by atoms with Gasteiger partial charge in [0.1, 0.15) is 0 Å². The van der Waals surface area contributed by atoms with E-state index >= 15 is 0 Å². The van der Waals surface area contributed by atoms with Crippen molar-refractivity contribution in [3.05, 3.63) is 36.2 Å². The van der Waals surface area contributed by atoms with Crippen LogP contribution in [0.2, 0.25) is 0 Å². The normalized spacial score (nSPS) is 17.3. The minimum atomic E-state index is 0.148. The summed E-state index contributed by atoms with van der Waals surface area (Å²) in [7, 11) is 0. The Morgan fingerprint density at radius 1 is 1.13 bits per heavy atom. The van der Waals surface area contributed by atoms with Gasteiger partial charge in [-0.15, -0.1) is 5.10 Å². The van der Waals surface area contributed by atoms with Crippen LogP contribution < -0.4 is 5.32 Å². The summed E-state index contributed by atoms with van der Waals surface area (Å²) < 4.78 is 2.09. The van der Waals surface area contributed by atoms with Crippen molar-refractivity contribution in [2.75, 3.05) is 5.32 Å². The second kappa shape index (κ2) is 7.57. The third-order valence-corrected chi connectivity index (χ3v) is 4.57. The molecule has 0 spiro atoms. The molecule has 1 heterocycles.